The highest BCUT2D eigenvalue weighted by Crippen LogP contribution is 2.00. The Balaban J connectivity index is 3.15. The lowest BCUT2D eigenvalue weighted by atomic mass is 10.2. The minimum absolute atomic E-state index is 0.200. The van der Waals surface area contributed by atoms with Gasteiger partial charge in [-0.3, -0.25) is 4.79 Å². The fraction of sp³-hybridized carbons (Fsp3) is 0.833. The molecule has 18 heavy (non-hydrogen) atoms. The van der Waals surface area contributed by atoms with Crippen molar-refractivity contribution in [1.82, 2.24) is 0 Å². The molecule has 0 aliphatic carbocycles. The van der Waals surface area contributed by atoms with Gasteiger partial charge in [-0.15, -0.1) is 0 Å². The van der Waals surface area contributed by atoms with Gasteiger partial charge in [-0.1, -0.05) is 19.8 Å². The van der Waals surface area contributed by atoms with Gasteiger partial charge in [-0.05, 0) is 6.42 Å². The van der Waals surface area contributed by atoms with Crippen LogP contribution in [0, 0.1) is 0 Å². The van der Waals surface area contributed by atoms with Gasteiger partial charge in [0.05, 0.1) is 19.8 Å². The summed E-state index contributed by atoms with van der Waals surface area (Å²) in [5.41, 5.74) is 0. The minimum Gasteiger partial charge on any atom is -0.480 e. The van der Waals surface area contributed by atoms with Crippen LogP contribution in [0.5, 0.6) is 0 Å². The van der Waals surface area contributed by atoms with Crippen molar-refractivity contribution in [1.29, 1.82) is 0 Å². The predicted molar refractivity (Wildman–Crippen MR) is 64.4 cm³/mol. The first-order valence-corrected chi connectivity index (χ1v) is 6.19. The number of unbranched alkanes of at least 4 members (excludes halogenated alkanes) is 2. The Hall–Kier alpha value is -1.14. The first-order chi connectivity index (χ1) is 8.66. The Morgan fingerprint density at radius 3 is 2.33 bits per heavy atom. The molecule has 1 N–H and O–H groups in total. The van der Waals surface area contributed by atoms with Crippen molar-refractivity contribution >= 4 is 11.9 Å². The summed E-state index contributed by atoms with van der Waals surface area (Å²) < 4.78 is 14.8. The average molecular weight is 262 g/mol. The molecule has 0 fully saturated rings. The van der Waals surface area contributed by atoms with E-state index in [0.717, 1.165) is 19.3 Å². The number of aliphatic carboxylic acids is 1. The van der Waals surface area contributed by atoms with Crippen LogP contribution < -0.4 is 0 Å². The van der Waals surface area contributed by atoms with Gasteiger partial charge in [0.25, 0.3) is 0 Å². The lowest BCUT2D eigenvalue weighted by Gasteiger charge is -2.06. The lowest BCUT2D eigenvalue weighted by Crippen LogP contribution is -2.14. The normalized spacial score (nSPS) is 10.3. The summed E-state index contributed by atoms with van der Waals surface area (Å²) in [7, 11) is 0. The molecular formula is C12H22O6. The highest BCUT2D eigenvalue weighted by molar-refractivity contribution is 5.69. The Morgan fingerprint density at radius 1 is 1.00 bits per heavy atom. The van der Waals surface area contributed by atoms with Crippen molar-refractivity contribution in [2.24, 2.45) is 0 Å². The minimum atomic E-state index is -1.00. The zero-order valence-electron chi connectivity index (χ0n) is 10.9. The molecule has 0 saturated heterocycles. The van der Waals surface area contributed by atoms with Crippen LogP contribution in [0.2, 0.25) is 0 Å². The van der Waals surface area contributed by atoms with E-state index >= 15 is 0 Å². The molecule has 0 unspecified atom stereocenters. The maximum Gasteiger partial charge on any atom is 0.329 e. The van der Waals surface area contributed by atoms with Crippen molar-refractivity contribution in [2.45, 2.75) is 32.6 Å². The van der Waals surface area contributed by atoms with E-state index in [1.54, 1.807) is 0 Å². The van der Waals surface area contributed by atoms with Gasteiger partial charge < -0.3 is 19.3 Å². The largest absolute Gasteiger partial charge is 0.480 e. The molecule has 0 amide bonds. The van der Waals surface area contributed by atoms with Crippen LogP contribution >= 0.6 is 0 Å². The van der Waals surface area contributed by atoms with Crippen molar-refractivity contribution in [3.05, 3.63) is 0 Å². The molecule has 6 nitrogen and oxygen atoms in total. The van der Waals surface area contributed by atoms with Crippen molar-refractivity contribution in [2.75, 3.05) is 33.0 Å². The Morgan fingerprint density at radius 2 is 1.67 bits per heavy atom. The number of carboxylic acids is 1. The zero-order chi connectivity index (χ0) is 13.6. The molecule has 0 aliphatic heterocycles. The maximum absolute atomic E-state index is 11.2. The molecular weight excluding hydrogens is 240 g/mol. The molecule has 0 saturated carbocycles. The highest BCUT2D eigenvalue weighted by atomic mass is 16.6. The Labute approximate surface area is 107 Å². The third-order valence-electron chi connectivity index (χ3n) is 2.07. The summed E-state index contributed by atoms with van der Waals surface area (Å²) in [6, 6.07) is 0. The van der Waals surface area contributed by atoms with Gasteiger partial charge in [0.2, 0.25) is 0 Å². The summed E-state index contributed by atoms with van der Waals surface area (Å²) in [5.74, 6) is -1.20. The molecule has 6 heteroatoms. The second kappa shape index (κ2) is 12.3. The standard InChI is InChI=1S/C12H22O6/c1-2-3-4-5-12(15)18-9-8-16-6-7-17-10-11(13)14/h2-10H2,1H3,(H,13,14). The number of carbonyl (C=O) groups is 2. The summed E-state index contributed by atoms with van der Waals surface area (Å²) >= 11 is 0. The number of hydrogen-bond donors (Lipinski definition) is 1. The van der Waals surface area contributed by atoms with E-state index in [4.69, 9.17) is 19.3 Å². The third kappa shape index (κ3) is 12.9. The van der Waals surface area contributed by atoms with Crippen LogP contribution in [0.15, 0.2) is 0 Å². The van der Waals surface area contributed by atoms with Crippen LogP contribution in [-0.2, 0) is 23.8 Å². The van der Waals surface area contributed by atoms with Crippen molar-refractivity contribution < 1.29 is 28.9 Å². The molecule has 0 heterocycles. The Bertz CT molecular complexity index is 229. The highest BCUT2D eigenvalue weighted by Gasteiger charge is 2.01. The van der Waals surface area contributed by atoms with E-state index < -0.39 is 5.97 Å². The van der Waals surface area contributed by atoms with Crippen LogP contribution in [0.3, 0.4) is 0 Å². The molecule has 0 rings (SSSR count). The number of carboxylic acid groups (broad SMARTS) is 1. The monoisotopic (exact) mass is 262 g/mol. The van der Waals surface area contributed by atoms with Crippen molar-refractivity contribution in [3.8, 4) is 0 Å². The molecule has 0 aromatic heterocycles. The van der Waals surface area contributed by atoms with Gasteiger partial charge in [-0.2, -0.15) is 0 Å². The van der Waals surface area contributed by atoms with Crippen LogP contribution in [0.25, 0.3) is 0 Å². The van der Waals surface area contributed by atoms with Gasteiger partial charge in [-0.25, -0.2) is 4.79 Å². The van der Waals surface area contributed by atoms with E-state index in [9.17, 15) is 9.59 Å². The van der Waals surface area contributed by atoms with E-state index in [-0.39, 0.29) is 25.8 Å². The fourth-order valence-corrected chi connectivity index (χ4v) is 1.19. The molecule has 0 radical (unpaired) electrons. The van der Waals surface area contributed by atoms with Crippen LogP contribution in [0.4, 0.5) is 0 Å². The topological polar surface area (TPSA) is 82.1 Å². The molecule has 0 aromatic carbocycles. The first kappa shape index (κ1) is 16.9. The molecule has 0 atom stereocenters. The third-order valence-corrected chi connectivity index (χ3v) is 2.07. The lowest BCUT2D eigenvalue weighted by molar-refractivity contribution is -0.146. The zero-order valence-corrected chi connectivity index (χ0v) is 10.9. The predicted octanol–water partition coefficient (Wildman–Crippen LogP) is 1.23. The van der Waals surface area contributed by atoms with Crippen LogP contribution in [-0.4, -0.2) is 50.1 Å². The number of esters is 1. The summed E-state index contributed by atoms with van der Waals surface area (Å²) in [6.45, 7) is 2.79. The van der Waals surface area contributed by atoms with E-state index in [1.165, 1.54) is 0 Å². The summed E-state index contributed by atoms with van der Waals surface area (Å²) in [6.07, 6.45) is 3.42. The second-order valence-electron chi connectivity index (χ2n) is 3.74. The summed E-state index contributed by atoms with van der Waals surface area (Å²) in [4.78, 5) is 21.3. The molecule has 106 valence electrons. The fourth-order valence-electron chi connectivity index (χ4n) is 1.19. The maximum atomic E-state index is 11.2. The second-order valence-corrected chi connectivity index (χ2v) is 3.74. The Kier molecular flexibility index (Phi) is 11.5. The number of carbonyl (C=O) groups excluding carboxylic acids is 1. The van der Waals surface area contributed by atoms with Gasteiger partial charge in [0, 0.05) is 6.42 Å². The number of rotatable bonds is 12. The van der Waals surface area contributed by atoms with Crippen LogP contribution in [0.1, 0.15) is 32.6 Å². The van der Waals surface area contributed by atoms with Crippen molar-refractivity contribution in [3.63, 3.8) is 0 Å². The van der Waals surface area contributed by atoms with Gasteiger partial charge in [0.15, 0.2) is 0 Å². The van der Waals surface area contributed by atoms with E-state index in [2.05, 4.69) is 6.92 Å². The average Bonchev–Trinajstić information content (AvgIpc) is 2.32. The van der Waals surface area contributed by atoms with E-state index in [0.29, 0.717) is 19.6 Å². The molecule has 0 spiro atoms. The van der Waals surface area contributed by atoms with E-state index in [1.807, 2.05) is 0 Å². The molecule has 0 bridgehead atoms. The number of hydrogen-bond acceptors (Lipinski definition) is 5. The smallest absolute Gasteiger partial charge is 0.329 e. The molecule has 0 aliphatic rings. The summed E-state index contributed by atoms with van der Waals surface area (Å²) in [5, 5.41) is 8.28. The quantitative estimate of drug-likeness (QED) is 0.421. The molecule has 0 aromatic rings. The number of ether oxygens (including phenoxy) is 3. The first-order valence-electron chi connectivity index (χ1n) is 6.19. The van der Waals surface area contributed by atoms with Gasteiger partial charge >= 0.3 is 11.9 Å². The van der Waals surface area contributed by atoms with Gasteiger partial charge in [0.1, 0.15) is 13.2 Å². The SMILES string of the molecule is CCCCCC(=O)OCCOCCOCC(=O)O.